The molecule has 3 aromatic heterocycles. The van der Waals surface area contributed by atoms with E-state index >= 15 is 0 Å². The molecule has 0 saturated heterocycles. The third-order valence-electron chi connectivity index (χ3n) is 10.7. The Labute approximate surface area is 317 Å². The maximum Gasteiger partial charge on any atom is 0.138 e. The first-order chi connectivity index (χ1) is 26.4. The molecule has 10 rings (SSSR count). The van der Waals surface area contributed by atoms with E-state index in [1.165, 1.54) is 59.9 Å². The number of benzene rings is 7. The van der Waals surface area contributed by atoms with Crippen LogP contribution in [0.1, 0.15) is 0 Å². The Hall–Kier alpha value is -6.36. The lowest BCUT2D eigenvalue weighted by molar-refractivity contribution is 1.08. The summed E-state index contributed by atoms with van der Waals surface area (Å²) in [5.74, 6) is 0.902. The molecule has 4 heteroatoms. The van der Waals surface area contributed by atoms with Crippen molar-refractivity contribution in [3.63, 3.8) is 0 Å². The van der Waals surface area contributed by atoms with Crippen molar-refractivity contribution in [1.29, 1.82) is 0 Å². The summed E-state index contributed by atoms with van der Waals surface area (Å²) < 4.78 is 4.76. The zero-order valence-corrected chi connectivity index (χ0v) is 31.4. The topological polar surface area (TPSA) is 22.8 Å². The molecule has 0 bridgehead atoms. The van der Waals surface area contributed by atoms with Gasteiger partial charge in [0.15, 0.2) is 0 Å². The first-order valence-corrected chi connectivity index (χ1v) is 21.3. The van der Waals surface area contributed by atoms with E-state index in [1.807, 2.05) is 0 Å². The van der Waals surface area contributed by atoms with Crippen molar-refractivity contribution in [3.8, 4) is 45.0 Å². The second kappa shape index (κ2) is 12.6. The molecule has 3 heterocycles. The van der Waals surface area contributed by atoms with E-state index in [9.17, 15) is 0 Å². The molecule has 10 aromatic rings. The fourth-order valence-electron chi connectivity index (χ4n) is 8.02. The van der Waals surface area contributed by atoms with E-state index in [1.54, 1.807) is 0 Å². The number of rotatable bonds is 6. The SMILES string of the molecule is CS(C)(C)c1ccc(-n2c3ccccc3c3ccc(-c4ccc5c(c4)c4ccccc4n5-c4cc(-c5ccccc5)cc(-c5ccccc5)n4)cc32)cc1. The Kier molecular flexibility index (Phi) is 7.57. The Balaban J connectivity index is 1.16. The normalized spacial score (nSPS) is 12.3. The summed E-state index contributed by atoms with van der Waals surface area (Å²) in [6.45, 7) is 0. The second-order valence-corrected chi connectivity index (χ2v) is 19.0. The van der Waals surface area contributed by atoms with Crippen molar-refractivity contribution in [2.75, 3.05) is 18.8 Å². The number of aromatic nitrogens is 3. The highest BCUT2D eigenvalue weighted by Crippen LogP contribution is 2.45. The van der Waals surface area contributed by atoms with E-state index < -0.39 is 10.0 Å². The zero-order valence-electron chi connectivity index (χ0n) is 30.6. The number of hydrogen-bond donors (Lipinski definition) is 0. The van der Waals surface area contributed by atoms with Gasteiger partial charge in [-0.15, -0.1) is 0 Å². The van der Waals surface area contributed by atoms with Crippen molar-refractivity contribution in [3.05, 3.63) is 182 Å². The van der Waals surface area contributed by atoms with Crippen molar-refractivity contribution in [2.45, 2.75) is 4.90 Å². The summed E-state index contributed by atoms with van der Waals surface area (Å²) in [5, 5.41) is 4.94. The molecule has 260 valence electrons. The molecule has 0 unspecified atom stereocenters. The van der Waals surface area contributed by atoms with Crippen molar-refractivity contribution in [2.24, 2.45) is 0 Å². The van der Waals surface area contributed by atoms with Gasteiger partial charge in [-0.25, -0.2) is 15.0 Å². The maximum absolute atomic E-state index is 5.33. The smallest absolute Gasteiger partial charge is 0.138 e. The quantitative estimate of drug-likeness (QED) is 0.168. The summed E-state index contributed by atoms with van der Waals surface area (Å²) in [4.78, 5) is 6.74. The molecule has 54 heavy (non-hydrogen) atoms. The summed E-state index contributed by atoms with van der Waals surface area (Å²) in [5.41, 5.74) is 12.6. The number of fused-ring (bicyclic) bond motifs is 6. The number of para-hydroxylation sites is 2. The Morgan fingerprint density at radius 3 is 1.63 bits per heavy atom. The van der Waals surface area contributed by atoms with Gasteiger partial charge in [0.1, 0.15) is 5.82 Å². The van der Waals surface area contributed by atoms with E-state index in [0.29, 0.717) is 0 Å². The molecule has 3 nitrogen and oxygen atoms in total. The minimum Gasteiger partial charge on any atom is -0.309 e. The van der Waals surface area contributed by atoms with Gasteiger partial charge in [-0.1, -0.05) is 115 Å². The lowest BCUT2D eigenvalue weighted by Gasteiger charge is -2.26. The van der Waals surface area contributed by atoms with Crippen molar-refractivity contribution < 1.29 is 0 Å². The van der Waals surface area contributed by atoms with Gasteiger partial charge in [0, 0.05) is 32.8 Å². The molecule has 0 aliphatic heterocycles. The zero-order chi connectivity index (χ0) is 36.4. The second-order valence-electron chi connectivity index (χ2n) is 14.8. The standard InChI is InChI=1S/C50H39N3S/c1-54(2,3)40-26-24-39(25-27-40)52-46-20-12-10-18-41(46)43-28-22-37(32-49(43)52)36-23-29-48-44(30-36)42-19-11-13-21-47(42)53(48)50-33-38(34-14-6-4-7-15-34)31-45(51-50)35-16-8-5-9-17-35/h4-33H,1-3H3. The van der Waals surface area contributed by atoms with Crippen LogP contribution < -0.4 is 0 Å². The molecule has 0 aliphatic rings. The van der Waals surface area contributed by atoms with Crippen LogP contribution in [0, 0.1) is 0 Å². The van der Waals surface area contributed by atoms with Crippen molar-refractivity contribution in [1.82, 2.24) is 14.1 Å². The molecule has 0 amide bonds. The number of nitrogens with zero attached hydrogens (tertiary/aromatic N) is 3. The van der Waals surface area contributed by atoms with Crippen LogP contribution in [0.4, 0.5) is 0 Å². The number of pyridine rings is 1. The summed E-state index contributed by atoms with van der Waals surface area (Å²) in [6.07, 6.45) is 7.05. The predicted molar refractivity (Wildman–Crippen MR) is 233 cm³/mol. The molecule has 0 aliphatic carbocycles. The van der Waals surface area contributed by atoms with Crippen LogP contribution in [0.3, 0.4) is 0 Å². The maximum atomic E-state index is 5.33. The van der Waals surface area contributed by atoms with Crippen LogP contribution in [0.25, 0.3) is 88.6 Å². The largest absolute Gasteiger partial charge is 0.309 e. The van der Waals surface area contributed by atoms with E-state index in [4.69, 9.17) is 4.98 Å². The van der Waals surface area contributed by atoms with Gasteiger partial charge >= 0.3 is 0 Å². The molecule has 0 atom stereocenters. The summed E-state index contributed by atoms with van der Waals surface area (Å²) >= 11 is 0. The number of hydrogen-bond acceptors (Lipinski definition) is 1. The van der Waals surface area contributed by atoms with Gasteiger partial charge in [-0.05, 0) is 113 Å². The molecule has 0 N–H and O–H groups in total. The monoisotopic (exact) mass is 713 g/mol. The summed E-state index contributed by atoms with van der Waals surface area (Å²) in [6, 6.07) is 66.1. The summed E-state index contributed by atoms with van der Waals surface area (Å²) in [7, 11) is -0.811. The Morgan fingerprint density at radius 2 is 0.926 bits per heavy atom. The highest BCUT2D eigenvalue weighted by atomic mass is 32.3. The molecule has 0 radical (unpaired) electrons. The highest BCUT2D eigenvalue weighted by Gasteiger charge is 2.18. The van der Waals surface area contributed by atoms with E-state index in [-0.39, 0.29) is 0 Å². The van der Waals surface area contributed by atoms with Gasteiger partial charge in [0.05, 0.1) is 27.8 Å². The molecular weight excluding hydrogens is 675 g/mol. The molecule has 0 fully saturated rings. The predicted octanol–water partition coefficient (Wildman–Crippen LogP) is 13.3. The van der Waals surface area contributed by atoms with Gasteiger partial charge in [0.2, 0.25) is 0 Å². The van der Waals surface area contributed by atoms with Gasteiger partial charge in [0.25, 0.3) is 0 Å². The molecule has 0 saturated carbocycles. The minimum atomic E-state index is -0.811. The fraction of sp³-hybridized carbons (Fsp3) is 0.0600. The molecule has 7 aromatic carbocycles. The van der Waals surface area contributed by atoms with Crippen LogP contribution >= 0.6 is 10.0 Å². The van der Waals surface area contributed by atoms with E-state index in [0.717, 1.165) is 33.7 Å². The lowest BCUT2D eigenvalue weighted by atomic mass is 10.0. The third-order valence-corrected chi connectivity index (χ3v) is 12.4. The molecule has 0 spiro atoms. The third kappa shape index (κ3) is 5.41. The van der Waals surface area contributed by atoms with Crippen LogP contribution in [0.5, 0.6) is 0 Å². The van der Waals surface area contributed by atoms with Crippen LogP contribution in [0.15, 0.2) is 187 Å². The minimum absolute atomic E-state index is 0.811. The first kappa shape index (κ1) is 32.3. The fourth-order valence-corrected chi connectivity index (χ4v) is 8.97. The van der Waals surface area contributed by atoms with Crippen LogP contribution in [-0.4, -0.2) is 32.9 Å². The van der Waals surface area contributed by atoms with E-state index in [2.05, 4.69) is 210 Å². The lowest BCUT2D eigenvalue weighted by Crippen LogP contribution is -2.00. The Morgan fingerprint density at radius 1 is 0.370 bits per heavy atom. The van der Waals surface area contributed by atoms with Gasteiger partial charge in [-0.3, -0.25) is 4.57 Å². The van der Waals surface area contributed by atoms with Crippen LogP contribution in [0.2, 0.25) is 0 Å². The average molecular weight is 714 g/mol. The van der Waals surface area contributed by atoms with Gasteiger partial charge in [-0.2, -0.15) is 0 Å². The van der Waals surface area contributed by atoms with Crippen LogP contribution in [-0.2, 0) is 0 Å². The highest BCUT2D eigenvalue weighted by molar-refractivity contribution is 8.32. The Bertz CT molecular complexity index is 2950. The van der Waals surface area contributed by atoms with Crippen molar-refractivity contribution >= 4 is 53.6 Å². The average Bonchev–Trinajstić information content (AvgIpc) is 3.73. The molecular formula is C50H39N3S. The van der Waals surface area contributed by atoms with Gasteiger partial charge < -0.3 is 4.57 Å². The first-order valence-electron chi connectivity index (χ1n) is 18.4.